The molecule has 0 bridgehead atoms. The second kappa shape index (κ2) is 6.79. The monoisotopic (exact) mass is 272 g/mol. The van der Waals surface area contributed by atoms with E-state index in [1.165, 1.54) is 19.3 Å². The number of hydrogen-bond acceptors (Lipinski definition) is 3. The SMILES string of the molecule is CS/C=C/C(C#N)(c1ccccc1)N1CCCCC1. The van der Waals surface area contributed by atoms with Crippen molar-refractivity contribution in [3.05, 3.63) is 47.4 Å². The average molecular weight is 272 g/mol. The van der Waals surface area contributed by atoms with Gasteiger partial charge in [-0.15, -0.1) is 11.8 Å². The Labute approximate surface area is 120 Å². The van der Waals surface area contributed by atoms with E-state index in [9.17, 15) is 5.26 Å². The lowest BCUT2D eigenvalue weighted by Gasteiger charge is -2.39. The predicted octanol–water partition coefficient (Wildman–Crippen LogP) is 3.77. The first-order chi connectivity index (χ1) is 9.33. The van der Waals surface area contributed by atoms with E-state index >= 15 is 0 Å². The topological polar surface area (TPSA) is 27.0 Å². The molecule has 1 aromatic rings. The van der Waals surface area contributed by atoms with Gasteiger partial charge in [0.25, 0.3) is 0 Å². The normalized spacial score (nSPS) is 20.0. The lowest BCUT2D eigenvalue weighted by Crippen LogP contribution is -2.46. The van der Waals surface area contributed by atoms with E-state index in [-0.39, 0.29) is 0 Å². The summed E-state index contributed by atoms with van der Waals surface area (Å²) in [5.41, 5.74) is 0.467. The van der Waals surface area contributed by atoms with Gasteiger partial charge in [0, 0.05) is 13.1 Å². The Morgan fingerprint density at radius 2 is 1.89 bits per heavy atom. The molecule has 100 valence electrons. The third kappa shape index (κ3) is 3.02. The summed E-state index contributed by atoms with van der Waals surface area (Å²) in [4.78, 5) is 2.32. The molecule has 0 aliphatic carbocycles. The van der Waals surface area contributed by atoms with E-state index in [0.717, 1.165) is 18.7 Å². The fourth-order valence-corrected chi connectivity index (χ4v) is 3.00. The number of piperidine rings is 1. The van der Waals surface area contributed by atoms with Gasteiger partial charge < -0.3 is 0 Å². The van der Waals surface area contributed by atoms with Crippen LogP contribution >= 0.6 is 11.8 Å². The molecule has 2 nitrogen and oxygen atoms in total. The maximum absolute atomic E-state index is 9.86. The lowest BCUT2D eigenvalue weighted by atomic mass is 9.88. The number of nitrogens with zero attached hydrogens (tertiary/aromatic N) is 2. The maximum atomic E-state index is 9.86. The molecule has 1 unspecified atom stereocenters. The number of hydrogen-bond donors (Lipinski definition) is 0. The summed E-state index contributed by atoms with van der Waals surface area (Å²) < 4.78 is 0. The van der Waals surface area contributed by atoms with Crippen molar-refractivity contribution in [2.24, 2.45) is 0 Å². The molecule has 1 heterocycles. The van der Waals surface area contributed by atoms with E-state index in [0.29, 0.717) is 0 Å². The second-order valence-corrected chi connectivity index (χ2v) is 5.57. The molecule has 2 rings (SSSR count). The van der Waals surface area contributed by atoms with Crippen LogP contribution in [-0.2, 0) is 5.54 Å². The summed E-state index contributed by atoms with van der Waals surface area (Å²) in [7, 11) is 0. The highest BCUT2D eigenvalue weighted by atomic mass is 32.2. The molecule has 0 aromatic heterocycles. The van der Waals surface area contributed by atoms with E-state index in [1.807, 2.05) is 29.9 Å². The number of likely N-dealkylation sites (tertiary alicyclic amines) is 1. The zero-order valence-corrected chi connectivity index (χ0v) is 12.2. The van der Waals surface area contributed by atoms with Gasteiger partial charge in [0.05, 0.1) is 6.07 Å². The number of thioether (sulfide) groups is 1. The second-order valence-electron chi connectivity index (χ2n) is 4.83. The Morgan fingerprint density at radius 3 is 2.47 bits per heavy atom. The van der Waals surface area contributed by atoms with Gasteiger partial charge in [0.15, 0.2) is 5.54 Å². The lowest BCUT2D eigenvalue weighted by molar-refractivity contribution is 0.145. The molecule has 0 amide bonds. The third-order valence-electron chi connectivity index (χ3n) is 3.68. The van der Waals surface area contributed by atoms with Crippen LogP contribution in [0.15, 0.2) is 41.8 Å². The van der Waals surface area contributed by atoms with Crippen molar-refractivity contribution in [2.45, 2.75) is 24.8 Å². The van der Waals surface area contributed by atoms with Crippen LogP contribution in [0.1, 0.15) is 24.8 Å². The molecule has 1 saturated heterocycles. The summed E-state index contributed by atoms with van der Waals surface area (Å²) in [5.74, 6) is 0. The summed E-state index contributed by atoms with van der Waals surface area (Å²) in [6.45, 7) is 2.00. The van der Waals surface area contributed by atoms with Crippen molar-refractivity contribution in [2.75, 3.05) is 19.3 Å². The fraction of sp³-hybridized carbons (Fsp3) is 0.438. The zero-order valence-electron chi connectivity index (χ0n) is 11.4. The molecule has 1 atom stereocenters. The van der Waals surface area contributed by atoms with Gasteiger partial charge in [-0.2, -0.15) is 5.26 Å². The molecule has 1 aromatic carbocycles. The van der Waals surface area contributed by atoms with Gasteiger partial charge >= 0.3 is 0 Å². The van der Waals surface area contributed by atoms with Crippen molar-refractivity contribution < 1.29 is 0 Å². The van der Waals surface area contributed by atoms with E-state index in [4.69, 9.17) is 0 Å². The van der Waals surface area contributed by atoms with Crippen molar-refractivity contribution in [3.8, 4) is 6.07 Å². The van der Waals surface area contributed by atoms with Crippen LogP contribution in [-0.4, -0.2) is 24.2 Å². The fourth-order valence-electron chi connectivity index (χ4n) is 2.66. The first kappa shape index (κ1) is 14.2. The van der Waals surface area contributed by atoms with Crippen LogP contribution in [0.4, 0.5) is 0 Å². The predicted molar refractivity (Wildman–Crippen MR) is 81.8 cm³/mol. The van der Waals surface area contributed by atoms with Crippen molar-refractivity contribution in [3.63, 3.8) is 0 Å². The van der Waals surface area contributed by atoms with E-state index in [2.05, 4.69) is 29.2 Å². The van der Waals surface area contributed by atoms with E-state index in [1.54, 1.807) is 11.8 Å². The van der Waals surface area contributed by atoms with Crippen LogP contribution in [0.5, 0.6) is 0 Å². The Hall–Kier alpha value is -1.24. The molecular weight excluding hydrogens is 252 g/mol. The smallest absolute Gasteiger partial charge is 0.154 e. The third-order valence-corrected chi connectivity index (χ3v) is 4.09. The summed E-state index contributed by atoms with van der Waals surface area (Å²) >= 11 is 1.64. The first-order valence-corrected chi connectivity index (χ1v) is 8.04. The van der Waals surface area contributed by atoms with Crippen LogP contribution < -0.4 is 0 Å². The standard InChI is InChI=1S/C16H20N2S/c1-19-13-10-16(14-17,15-8-4-2-5-9-15)18-11-6-3-7-12-18/h2,4-5,8-10,13H,3,6-7,11-12H2,1H3/b13-10+. The van der Waals surface area contributed by atoms with Gasteiger partial charge in [-0.05, 0) is 36.1 Å². The maximum Gasteiger partial charge on any atom is 0.154 e. The van der Waals surface area contributed by atoms with Crippen LogP contribution in [0.3, 0.4) is 0 Å². The number of nitriles is 1. The Bertz CT molecular complexity index is 457. The zero-order chi connectivity index (χ0) is 13.6. The molecule has 1 fully saturated rings. The molecule has 1 aliphatic heterocycles. The minimum atomic E-state index is -0.606. The van der Waals surface area contributed by atoms with E-state index < -0.39 is 5.54 Å². The van der Waals surface area contributed by atoms with Gasteiger partial charge in [-0.25, -0.2) is 0 Å². The number of rotatable bonds is 4. The molecule has 0 N–H and O–H groups in total. The molecule has 0 radical (unpaired) electrons. The van der Waals surface area contributed by atoms with Gasteiger partial charge in [0.1, 0.15) is 0 Å². The molecule has 19 heavy (non-hydrogen) atoms. The minimum absolute atomic E-state index is 0.606. The van der Waals surface area contributed by atoms with Crippen LogP contribution in [0, 0.1) is 11.3 Å². The molecule has 1 aliphatic rings. The van der Waals surface area contributed by atoms with Crippen molar-refractivity contribution >= 4 is 11.8 Å². The number of benzene rings is 1. The highest BCUT2D eigenvalue weighted by molar-refractivity contribution is 8.01. The summed E-state index contributed by atoms with van der Waals surface area (Å²) in [5, 5.41) is 11.9. The van der Waals surface area contributed by atoms with Gasteiger partial charge in [-0.1, -0.05) is 36.8 Å². The Balaban J connectivity index is 2.42. The summed E-state index contributed by atoms with van der Waals surface area (Å²) in [6, 6.07) is 12.7. The molecule has 0 spiro atoms. The molecular formula is C16H20N2S. The molecule has 3 heteroatoms. The van der Waals surface area contributed by atoms with Gasteiger partial charge in [0.2, 0.25) is 0 Å². The average Bonchev–Trinajstić information content (AvgIpc) is 2.51. The van der Waals surface area contributed by atoms with Crippen LogP contribution in [0.25, 0.3) is 0 Å². The largest absolute Gasteiger partial charge is 0.279 e. The minimum Gasteiger partial charge on any atom is -0.279 e. The highest BCUT2D eigenvalue weighted by Gasteiger charge is 2.36. The molecule has 0 saturated carbocycles. The first-order valence-electron chi connectivity index (χ1n) is 6.76. The highest BCUT2D eigenvalue weighted by Crippen LogP contribution is 2.33. The Kier molecular flexibility index (Phi) is 5.07. The summed E-state index contributed by atoms with van der Waals surface area (Å²) in [6.07, 6.45) is 7.73. The van der Waals surface area contributed by atoms with Gasteiger partial charge in [-0.3, -0.25) is 4.90 Å². The Morgan fingerprint density at radius 1 is 1.21 bits per heavy atom. The van der Waals surface area contributed by atoms with Crippen molar-refractivity contribution in [1.82, 2.24) is 4.90 Å². The quantitative estimate of drug-likeness (QED) is 0.835. The van der Waals surface area contributed by atoms with Crippen LogP contribution in [0.2, 0.25) is 0 Å². The van der Waals surface area contributed by atoms with Crippen molar-refractivity contribution in [1.29, 1.82) is 5.26 Å².